The summed E-state index contributed by atoms with van der Waals surface area (Å²) in [6.45, 7) is 1.39. The van der Waals surface area contributed by atoms with E-state index in [1.165, 1.54) is 9.87 Å². The maximum absolute atomic E-state index is 12.7. The number of nitrogens with one attached hydrogen (secondary N) is 1. The van der Waals surface area contributed by atoms with Crippen molar-refractivity contribution in [1.29, 1.82) is 0 Å². The van der Waals surface area contributed by atoms with Gasteiger partial charge >= 0.3 is 0 Å². The van der Waals surface area contributed by atoms with E-state index in [-0.39, 0.29) is 17.6 Å². The largest absolute Gasteiger partial charge is 0.356 e. The molecule has 28 heavy (non-hydrogen) atoms. The number of hydrogen-bond acceptors (Lipinski definition) is 3. The number of sulfonamides is 1. The average molecular weight is 465 g/mol. The standard InChI is InChI=1S/C21H25BrN2O3S/c22-20-8-4-7-18(15-20)16-28(26,27)24-13-10-19(11-14-24)21(25)23-12-9-17-5-2-1-3-6-17/h1-8,15,19H,9-14,16H2,(H,23,25). The molecule has 3 rings (SSSR count). The van der Waals surface area contributed by atoms with E-state index in [4.69, 9.17) is 0 Å². The first kappa shape index (κ1) is 21.0. The fourth-order valence-electron chi connectivity index (χ4n) is 3.44. The predicted octanol–water partition coefficient (Wildman–Crippen LogP) is 3.35. The highest BCUT2D eigenvalue weighted by molar-refractivity contribution is 9.10. The Morgan fingerprint density at radius 1 is 1.04 bits per heavy atom. The Balaban J connectivity index is 1.46. The molecule has 1 saturated heterocycles. The van der Waals surface area contributed by atoms with Crippen LogP contribution in [0.5, 0.6) is 0 Å². The van der Waals surface area contributed by atoms with Gasteiger partial charge in [-0.2, -0.15) is 0 Å². The van der Waals surface area contributed by atoms with Crippen LogP contribution in [0.4, 0.5) is 0 Å². The monoisotopic (exact) mass is 464 g/mol. The van der Waals surface area contributed by atoms with Gasteiger partial charge in [-0.25, -0.2) is 12.7 Å². The van der Waals surface area contributed by atoms with Crippen molar-refractivity contribution in [3.05, 3.63) is 70.2 Å². The van der Waals surface area contributed by atoms with Crippen molar-refractivity contribution >= 4 is 31.9 Å². The van der Waals surface area contributed by atoms with Crippen LogP contribution in [0.1, 0.15) is 24.0 Å². The van der Waals surface area contributed by atoms with Gasteiger partial charge in [0.05, 0.1) is 5.75 Å². The molecule has 0 saturated carbocycles. The predicted molar refractivity (Wildman–Crippen MR) is 114 cm³/mol. The SMILES string of the molecule is O=C(NCCc1ccccc1)C1CCN(S(=O)(=O)Cc2cccc(Br)c2)CC1. The van der Waals surface area contributed by atoms with Gasteiger partial charge in [0, 0.05) is 30.0 Å². The molecule has 0 atom stereocenters. The molecule has 150 valence electrons. The molecule has 0 unspecified atom stereocenters. The van der Waals surface area contributed by atoms with Crippen molar-refractivity contribution in [2.45, 2.75) is 25.0 Å². The second-order valence-electron chi connectivity index (χ2n) is 7.09. The van der Waals surface area contributed by atoms with Crippen LogP contribution in [0.25, 0.3) is 0 Å². The second kappa shape index (κ2) is 9.67. The number of piperidine rings is 1. The molecular formula is C21H25BrN2O3S. The fourth-order valence-corrected chi connectivity index (χ4v) is 5.44. The molecule has 0 aliphatic carbocycles. The van der Waals surface area contributed by atoms with Crippen molar-refractivity contribution in [2.75, 3.05) is 19.6 Å². The quantitative estimate of drug-likeness (QED) is 0.682. The van der Waals surface area contributed by atoms with Crippen LogP contribution in [0, 0.1) is 5.92 Å². The maximum atomic E-state index is 12.7. The summed E-state index contributed by atoms with van der Waals surface area (Å²) < 4.78 is 27.7. The number of amides is 1. The highest BCUT2D eigenvalue weighted by Gasteiger charge is 2.31. The number of carbonyl (C=O) groups is 1. The van der Waals surface area contributed by atoms with Crippen LogP contribution in [0.2, 0.25) is 0 Å². The molecule has 2 aromatic carbocycles. The Morgan fingerprint density at radius 2 is 1.71 bits per heavy atom. The number of hydrogen-bond donors (Lipinski definition) is 1. The molecular weight excluding hydrogens is 440 g/mol. The number of carbonyl (C=O) groups excluding carboxylic acids is 1. The van der Waals surface area contributed by atoms with Crippen molar-refractivity contribution in [1.82, 2.24) is 9.62 Å². The van der Waals surface area contributed by atoms with Gasteiger partial charge in [0.2, 0.25) is 15.9 Å². The molecule has 5 nitrogen and oxygen atoms in total. The first-order valence-electron chi connectivity index (χ1n) is 9.48. The number of rotatable bonds is 7. The Kier molecular flexibility index (Phi) is 7.26. The molecule has 0 bridgehead atoms. The second-order valence-corrected chi connectivity index (χ2v) is 9.97. The minimum atomic E-state index is -3.37. The van der Waals surface area contributed by atoms with Crippen LogP contribution in [0.15, 0.2) is 59.1 Å². The fraction of sp³-hybridized carbons (Fsp3) is 0.381. The van der Waals surface area contributed by atoms with Crippen LogP contribution in [-0.2, 0) is 27.0 Å². The molecule has 1 amide bonds. The summed E-state index contributed by atoms with van der Waals surface area (Å²) in [4.78, 5) is 12.4. The Labute approximate surface area is 175 Å². The molecule has 1 heterocycles. The van der Waals surface area contributed by atoms with Crippen LogP contribution >= 0.6 is 15.9 Å². The minimum Gasteiger partial charge on any atom is -0.356 e. The van der Waals surface area contributed by atoms with Gasteiger partial charge in [-0.15, -0.1) is 0 Å². The van der Waals surface area contributed by atoms with Gasteiger partial charge in [-0.05, 0) is 42.5 Å². The topological polar surface area (TPSA) is 66.5 Å². The van der Waals surface area contributed by atoms with Gasteiger partial charge in [0.25, 0.3) is 0 Å². The van der Waals surface area contributed by atoms with Crippen LogP contribution in [0.3, 0.4) is 0 Å². The van der Waals surface area contributed by atoms with Crippen molar-refractivity contribution < 1.29 is 13.2 Å². The van der Waals surface area contributed by atoms with E-state index in [9.17, 15) is 13.2 Å². The van der Waals surface area contributed by atoms with E-state index in [2.05, 4.69) is 21.2 Å². The zero-order valence-corrected chi connectivity index (χ0v) is 18.1. The Bertz CT molecular complexity index is 895. The summed E-state index contributed by atoms with van der Waals surface area (Å²) in [6.07, 6.45) is 1.93. The van der Waals surface area contributed by atoms with Crippen molar-refractivity contribution in [2.24, 2.45) is 5.92 Å². The lowest BCUT2D eigenvalue weighted by molar-refractivity contribution is -0.126. The molecule has 1 fully saturated rings. The van der Waals surface area contributed by atoms with Gasteiger partial charge in [0.1, 0.15) is 0 Å². The molecule has 1 N–H and O–H groups in total. The zero-order chi connectivity index (χ0) is 20.0. The molecule has 1 aliphatic heterocycles. The zero-order valence-electron chi connectivity index (χ0n) is 15.7. The molecule has 0 spiro atoms. The van der Waals surface area contributed by atoms with E-state index >= 15 is 0 Å². The van der Waals surface area contributed by atoms with Crippen molar-refractivity contribution in [3.8, 4) is 0 Å². The van der Waals surface area contributed by atoms with E-state index in [0.717, 1.165) is 16.5 Å². The molecule has 0 aromatic heterocycles. The molecule has 7 heteroatoms. The maximum Gasteiger partial charge on any atom is 0.223 e. The normalized spacial score (nSPS) is 16.0. The van der Waals surface area contributed by atoms with Gasteiger partial charge in [-0.1, -0.05) is 58.4 Å². The van der Waals surface area contributed by atoms with E-state index in [0.29, 0.717) is 32.5 Å². The smallest absolute Gasteiger partial charge is 0.223 e. The highest BCUT2D eigenvalue weighted by Crippen LogP contribution is 2.22. The number of benzene rings is 2. The summed E-state index contributed by atoms with van der Waals surface area (Å²) in [5, 5.41) is 2.99. The summed E-state index contributed by atoms with van der Waals surface area (Å²) in [5.74, 6) is -0.103. The lowest BCUT2D eigenvalue weighted by Gasteiger charge is -2.30. The molecule has 1 aliphatic rings. The van der Waals surface area contributed by atoms with E-state index in [1.807, 2.05) is 54.6 Å². The lowest BCUT2D eigenvalue weighted by Crippen LogP contribution is -2.43. The third-order valence-electron chi connectivity index (χ3n) is 5.01. The summed E-state index contributed by atoms with van der Waals surface area (Å²) >= 11 is 3.37. The first-order valence-corrected chi connectivity index (χ1v) is 11.9. The van der Waals surface area contributed by atoms with E-state index in [1.54, 1.807) is 0 Å². The minimum absolute atomic E-state index is 0.0135. The van der Waals surface area contributed by atoms with Gasteiger partial charge in [0.15, 0.2) is 0 Å². The van der Waals surface area contributed by atoms with Gasteiger partial charge in [-0.3, -0.25) is 4.79 Å². The average Bonchev–Trinajstić information content (AvgIpc) is 2.68. The Hall–Kier alpha value is -1.70. The summed E-state index contributed by atoms with van der Waals surface area (Å²) in [7, 11) is -3.37. The summed E-state index contributed by atoms with van der Waals surface area (Å²) in [6, 6.07) is 17.4. The summed E-state index contributed by atoms with van der Waals surface area (Å²) in [5.41, 5.74) is 1.95. The van der Waals surface area contributed by atoms with Crippen LogP contribution < -0.4 is 5.32 Å². The molecule has 2 aromatic rings. The number of halogens is 1. The number of nitrogens with zero attached hydrogens (tertiary/aromatic N) is 1. The third kappa shape index (κ3) is 5.90. The van der Waals surface area contributed by atoms with Crippen molar-refractivity contribution in [3.63, 3.8) is 0 Å². The highest BCUT2D eigenvalue weighted by atomic mass is 79.9. The first-order chi connectivity index (χ1) is 13.4. The third-order valence-corrected chi connectivity index (χ3v) is 7.36. The molecule has 0 radical (unpaired) electrons. The van der Waals surface area contributed by atoms with E-state index < -0.39 is 10.0 Å². The lowest BCUT2D eigenvalue weighted by atomic mass is 9.97. The van der Waals surface area contributed by atoms with Gasteiger partial charge < -0.3 is 5.32 Å². The Morgan fingerprint density at radius 3 is 2.39 bits per heavy atom. The van der Waals surface area contributed by atoms with Crippen LogP contribution in [-0.4, -0.2) is 38.3 Å².